The normalized spacial score (nSPS) is 13.1. The van der Waals surface area contributed by atoms with Crippen molar-refractivity contribution in [2.45, 2.75) is 51.6 Å². The molecule has 4 aromatic rings. The summed E-state index contributed by atoms with van der Waals surface area (Å²) in [5, 5.41) is 5.98. The first kappa shape index (κ1) is 26.6. The molecule has 2 N–H and O–H groups in total. The molecule has 0 radical (unpaired) electrons. The Morgan fingerprint density at radius 1 is 1.18 bits per heavy atom. The third-order valence-corrected chi connectivity index (χ3v) is 9.00. The van der Waals surface area contributed by atoms with E-state index in [4.69, 9.17) is 4.74 Å². The molecule has 5 rings (SSSR count). The minimum Gasteiger partial charge on any atom is -0.461 e. The molecule has 0 saturated carbocycles. The van der Waals surface area contributed by atoms with Crippen LogP contribution in [-0.4, -0.2) is 39.2 Å². The number of ether oxygens (including phenoxy) is 1. The van der Waals surface area contributed by atoms with Gasteiger partial charge < -0.3 is 15.0 Å². The number of esters is 1. The molecule has 1 aromatic carbocycles. The summed E-state index contributed by atoms with van der Waals surface area (Å²) in [6.45, 7) is 5.95. The molecule has 0 fully saturated rings. The lowest BCUT2D eigenvalue weighted by Gasteiger charge is -2.16. The van der Waals surface area contributed by atoms with E-state index in [1.165, 1.54) is 35.3 Å². The van der Waals surface area contributed by atoms with Crippen molar-refractivity contribution in [2.24, 2.45) is 5.92 Å². The molecule has 198 valence electrons. The van der Waals surface area contributed by atoms with E-state index in [2.05, 4.69) is 38.5 Å². The number of carbonyl (C=O) groups is 2. The number of carbonyl (C=O) groups excluding carboxylic acids is 2. The number of hydrogen-bond donors (Lipinski definition) is 2. The number of thioether (sulfide) groups is 1. The van der Waals surface area contributed by atoms with Crippen LogP contribution in [0.5, 0.6) is 0 Å². The van der Waals surface area contributed by atoms with Gasteiger partial charge in [-0.15, -0.1) is 11.3 Å². The van der Waals surface area contributed by atoms with Crippen molar-refractivity contribution in [3.63, 3.8) is 0 Å². The smallest absolute Gasteiger partial charge is 0.350 e. The van der Waals surface area contributed by atoms with Gasteiger partial charge in [0, 0.05) is 10.9 Å². The molecule has 38 heavy (non-hydrogen) atoms. The van der Waals surface area contributed by atoms with Crippen LogP contribution in [0.4, 0.5) is 5.13 Å². The van der Waals surface area contributed by atoms with Gasteiger partial charge >= 0.3 is 5.97 Å². The Kier molecular flexibility index (Phi) is 7.96. The van der Waals surface area contributed by atoms with Gasteiger partial charge in [0.1, 0.15) is 9.71 Å². The molecule has 8 nitrogen and oxygen atoms in total. The van der Waals surface area contributed by atoms with Gasteiger partial charge in [0.05, 0.1) is 23.4 Å². The summed E-state index contributed by atoms with van der Waals surface area (Å²) < 4.78 is 5.27. The quantitative estimate of drug-likeness (QED) is 0.156. The van der Waals surface area contributed by atoms with Crippen LogP contribution in [0, 0.1) is 12.8 Å². The first-order valence-electron chi connectivity index (χ1n) is 12.5. The number of thiazole rings is 1. The summed E-state index contributed by atoms with van der Waals surface area (Å²) in [6.07, 6.45) is 4.62. The Morgan fingerprint density at radius 3 is 2.76 bits per heavy atom. The topological polar surface area (TPSA) is 114 Å². The number of aryl methyl sites for hydroxylation is 3. The summed E-state index contributed by atoms with van der Waals surface area (Å²) in [4.78, 5) is 50.5. The zero-order valence-corrected chi connectivity index (χ0v) is 23.8. The highest BCUT2D eigenvalue weighted by atomic mass is 32.2. The number of aromatic amines is 1. The highest BCUT2D eigenvalue weighted by Gasteiger charge is 2.19. The molecule has 1 aliphatic carbocycles. The molecule has 0 saturated heterocycles. The average Bonchev–Trinajstić information content (AvgIpc) is 3.49. The number of nitrogens with zero attached hydrogens (tertiary/aromatic N) is 2. The van der Waals surface area contributed by atoms with Crippen molar-refractivity contribution in [3.05, 3.63) is 55.6 Å². The fourth-order valence-corrected chi connectivity index (χ4v) is 6.89. The molecule has 0 aliphatic heterocycles. The molecule has 3 aromatic heterocycles. The molecule has 0 unspecified atom stereocenters. The lowest BCUT2D eigenvalue weighted by Crippen LogP contribution is -2.15. The number of hydrogen-bond acceptors (Lipinski definition) is 9. The standard InChI is InChI=1S/C27H28N4O4S3/c1-14(2)11-35-25(34)22-15(3)28-27(38-22)29-20(32)13-37-26-30-23(33)21-19(12-36-24(21)31-26)18-9-8-16-6-4-5-7-17(16)10-18/h8-10,12,14H,4-7,11,13H2,1-3H3,(H,28,29,32)(H,30,31,33). The van der Waals surface area contributed by atoms with Gasteiger partial charge in [-0.25, -0.2) is 14.8 Å². The minimum absolute atomic E-state index is 0.0310. The fourth-order valence-electron chi connectivity index (χ4n) is 4.35. The number of aromatic nitrogens is 3. The Labute approximate surface area is 232 Å². The molecule has 0 bridgehead atoms. The Hall–Kier alpha value is -3.02. The Bertz CT molecular complexity index is 1570. The number of anilines is 1. The van der Waals surface area contributed by atoms with Crippen molar-refractivity contribution in [2.75, 3.05) is 17.7 Å². The van der Waals surface area contributed by atoms with Crippen molar-refractivity contribution in [3.8, 4) is 11.1 Å². The SMILES string of the molecule is Cc1nc(NC(=O)CSc2nc3scc(-c4ccc5c(c4)CCCC5)c3c(=O)[nH]2)sc1C(=O)OCC(C)C. The van der Waals surface area contributed by atoms with E-state index in [1.807, 2.05) is 19.2 Å². The van der Waals surface area contributed by atoms with Crippen LogP contribution in [0.25, 0.3) is 21.3 Å². The van der Waals surface area contributed by atoms with Crippen LogP contribution >= 0.6 is 34.4 Å². The molecule has 1 aliphatic rings. The summed E-state index contributed by atoms with van der Waals surface area (Å²) in [6, 6.07) is 6.48. The maximum absolute atomic E-state index is 13.0. The largest absolute Gasteiger partial charge is 0.461 e. The van der Waals surface area contributed by atoms with E-state index in [0.29, 0.717) is 37.7 Å². The monoisotopic (exact) mass is 568 g/mol. The van der Waals surface area contributed by atoms with Crippen molar-refractivity contribution in [1.29, 1.82) is 0 Å². The Morgan fingerprint density at radius 2 is 1.97 bits per heavy atom. The van der Waals surface area contributed by atoms with Crippen molar-refractivity contribution in [1.82, 2.24) is 15.0 Å². The molecule has 1 amide bonds. The summed E-state index contributed by atoms with van der Waals surface area (Å²) >= 11 is 3.65. The lowest BCUT2D eigenvalue weighted by molar-refractivity contribution is -0.113. The van der Waals surface area contributed by atoms with E-state index in [0.717, 1.165) is 47.1 Å². The van der Waals surface area contributed by atoms with E-state index in [9.17, 15) is 14.4 Å². The average molecular weight is 569 g/mol. The summed E-state index contributed by atoms with van der Waals surface area (Å²) in [7, 11) is 0. The number of nitrogens with one attached hydrogen (secondary N) is 2. The minimum atomic E-state index is -0.440. The highest BCUT2D eigenvalue weighted by Crippen LogP contribution is 2.34. The second-order valence-electron chi connectivity index (χ2n) is 9.65. The van der Waals surface area contributed by atoms with Crippen LogP contribution in [0.15, 0.2) is 33.5 Å². The number of amides is 1. The van der Waals surface area contributed by atoms with E-state index in [1.54, 1.807) is 6.92 Å². The van der Waals surface area contributed by atoms with Crippen molar-refractivity contribution >= 4 is 61.7 Å². The third-order valence-electron chi connectivity index (χ3n) is 6.20. The van der Waals surface area contributed by atoms with Crippen LogP contribution in [-0.2, 0) is 22.4 Å². The fraction of sp³-hybridized carbons (Fsp3) is 0.370. The van der Waals surface area contributed by atoms with Gasteiger partial charge in [-0.05, 0) is 55.2 Å². The van der Waals surface area contributed by atoms with Crippen LogP contribution < -0.4 is 10.9 Å². The first-order chi connectivity index (χ1) is 18.3. The second kappa shape index (κ2) is 11.4. The van der Waals surface area contributed by atoms with Gasteiger partial charge in [0.15, 0.2) is 10.3 Å². The van der Waals surface area contributed by atoms with E-state index >= 15 is 0 Å². The molecule has 3 heterocycles. The zero-order chi connectivity index (χ0) is 26.8. The van der Waals surface area contributed by atoms with Crippen LogP contribution in [0.1, 0.15) is 53.2 Å². The number of fused-ring (bicyclic) bond motifs is 2. The van der Waals surface area contributed by atoms with Gasteiger partial charge in [0.2, 0.25) is 5.91 Å². The zero-order valence-electron chi connectivity index (χ0n) is 21.4. The maximum Gasteiger partial charge on any atom is 0.350 e. The van der Waals surface area contributed by atoms with Crippen LogP contribution in [0.3, 0.4) is 0 Å². The van der Waals surface area contributed by atoms with Gasteiger partial charge in [0.25, 0.3) is 5.56 Å². The van der Waals surface area contributed by atoms with Gasteiger partial charge in [-0.1, -0.05) is 55.1 Å². The van der Waals surface area contributed by atoms with E-state index in [-0.39, 0.29) is 23.1 Å². The molecule has 0 spiro atoms. The lowest BCUT2D eigenvalue weighted by atomic mass is 9.89. The highest BCUT2D eigenvalue weighted by molar-refractivity contribution is 7.99. The summed E-state index contributed by atoms with van der Waals surface area (Å²) in [5.41, 5.74) is 4.99. The first-order valence-corrected chi connectivity index (χ1v) is 15.2. The predicted octanol–water partition coefficient (Wildman–Crippen LogP) is 5.84. The molecular formula is C27H28N4O4S3. The van der Waals surface area contributed by atoms with Crippen LogP contribution in [0.2, 0.25) is 0 Å². The summed E-state index contributed by atoms with van der Waals surface area (Å²) in [5.74, 6) is -0.491. The number of H-pyrrole nitrogens is 1. The van der Waals surface area contributed by atoms with E-state index < -0.39 is 5.97 Å². The number of thiophene rings is 1. The molecule has 11 heteroatoms. The number of benzene rings is 1. The molecular weight excluding hydrogens is 541 g/mol. The van der Waals surface area contributed by atoms with Gasteiger partial charge in [-0.3, -0.25) is 9.59 Å². The maximum atomic E-state index is 13.0. The van der Waals surface area contributed by atoms with Crippen molar-refractivity contribution < 1.29 is 14.3 Å². The molecule has 0 atom stereocenters. The number of rotatable bonds is 8. The second-order valence-corrected chi connectivity index (χ2v) is 12.5. The predicted molar refractivity (Wildman–Crippen MR) is 154 cm³/mol. The Balaban J connectivity index is 1.25. The third kappa shape index (κ3) is 5.84. The van der Waals surface area contributed by atoms with Gasteiger partial charge in [-0.2, -0.15) is 0 Å².